The Morgan fingerprint density at radius 3 is 2.91 bits per heavy atom. The lowest BCUT2D eigenvalue weighted by Crippen LogP contribution is -2.01. The van der Waals surface area contributed by atoms with Crippen molar-refractivity contribution in [3.8, 4) is 0 Å². The molecule has 0 saturated carbocycles. The highest BCUT2D eigenvalue weighted by atomic mass is 14.8. The third-order valence-electron chi connectivity index (χ3n) is 1.58. The fourth-order valence-corrected chi connectivity index (χ4v) is 0.959. The van der Waals surface area contributed by atoms with E-state index in [0.29, 0.717) is 0 Å². The van der Waals surface area contributed by atoms with Gasteiger partial charge in [-0.05, 0) is 12.8 Å². The summed E-state index contributed by atoms with van der Waals surface area (Å²) in [4.78, 5) is 3.90. The number of hydrogen-bond donors (Lipinski definition) is 1. The van der Waals surface area contributed by atoms with Crippen LogP contribution in [0.3, 0.4) is 0 Å². The summed E-state index contributed by atoms with van der Waals surface area (Å²) in [5, 5.41) is 6.70. The first-order valence-corrected chi connectivity index (χ1v) is 4.07. The average Bonchev–Trinajstić information content (AvgIpc) is 2.01. The standard InChI is InChI=1S/C9H16N2/c1-3-5-7-9(6-4-2)11-8-10/h4,9-10H,2-3,5-7H2,1H3. The third kappa shape index (κ3) is 5.56. The van der Waals surface area contributed by atoms with Crippen LogP contribution < -0.4 is 0 Å². The molecule has 0 heterocycles. The van der Waals surface area contributed by atoms with Crippen LogP contribution in [-0.4, -0.2) is 12.1 Å². The summed E-state index contributed by atoms with van der Waals surface area (Å²) in [6.45, 7) is 5.79. The largest absolute Gasteiger partial charge is 0.242 e. The van der Waals surface area contributed by atoms with Gasteiger partial charge in [0, 0.05) is 0 Å². The minimum absolute atomic E-state index is 0.241. The normalized spacial score (nSPS) is 11.7. The summed E-state index contributed by atoms with van der Waals surface area (Å²) in [6.07, 6.45) is 6.12. The molecule has 1 atom stereocenters. The number of nitrogens with zero attached hydrogens (tertiary/aromatic N) is 1. The van der Waals surface area contributed by atoms with E-state index in [1.54, 1.807) is 0 Å². The molecule has 0 bridgehead atoms. The summed E-state index contributed by atoms with van der Waals surface area (Å²) >= 11 is 0. The maximum Gasteiger partial charge on any atom is 0.0864 e. The van der Waals surface area contributed by atoms with Gasteiger partial charge in [-0.1, -0.05) is 25.8 Å². The van der Waals surface area contributed by atoms with Crippen molar-refractivity contribution in [2.24, 2.45) is 4.99 Å². The quantitative estimate of drug-likeness (QED) is 0.449. The molecule has 11 heavy (non-hydrogen) atoms. The number of nitrogens with one attached hydrogen (secondary N) is 1. The van der Waals surface area contributed by atoms with Crippen LogP contribution >= 0.6 is 0 Å². The van der Waals surface area contributed by atoms with Crippen LogP contribution in [0.2, 0.25) is 0 Å². The van der Waals surface area contributed by atoms with Gasteiger partial charge >= 0.3 is 0 Å². The van der Waals surface area contributed by atoms with E-state index in [9.17, 15) is 0 Å². The van der Waals surface area contributed by atoms with Crippen molar-refractivity contribution in [2.75, 3.05) is 0 Å². The van der Waals surface area contributed by atoms with E-state index in [-0.39, 0.29) is 6.04 Å². The Hall–Kier alpha value is -0.880. The van der Waals surface area contributed by atoms with E-state index < -0.39 is 0 Å². The van der Waals surface area contributed by atoms with Crippen molar-refractivity contribution in [3.05, 3.63) is 12.7 Å². The molecule has 0 aromatic rings. The second-order valence-electron chi connectivity index (χ2n) is 2.56. The number of hydrogen-bond acceptors (Lipinski definition) is 2. The average molecular weight is 152 g/mol. The van der Waals surface area contributed by atoms with Gasteiger partial charge in [-0.25, -0.2) is 10.4 Å². The van der Waals surface area contributed by atoms with Gasteiger partial charge < -0.3 is 0 Å². The molecule has 1 unspecified atom stereocenters. The summed E-state index contributed by atoms with van der Waals surface area (Å²) in [5.74, 6) is 0. The lowest BCUT2D eigenvalue weighted by atomic mass is 10.1. The van der Waals surface area contributed by atoms with E-state index in [0.717, 1.165) is 12.8 Å². The highest BCUT2D eigenvalue weighted by Crippen LogP contribution is 2.07. The first-order valence-electron chi connectivity index (χ1n) is 4.07. The van der Waals surface area contributed by atoms with Crippen LogP contribution in [-0.2, 0) is 0 Å². The van der Waals surface area contributed by atoms with Gasteiger partial charge in [0.25, 0.3) is 0 Å². The molecule has 62 valence electrons. The van der Waals surface area contributed by atoms with Crippen molar-refractivity contribution < 1.29 is 0 Å². The van der Waals surface area contributed by atoms with Gasteiger partial charge in [-0.3, -0.25) is 0 Å². The molecule has 0 aromatic carbocycles. The van der Waals surface area contributed by atoms with Crippen molar-refractivity contribution >= 4 is 6.01 Å². The minimum Gasteiger partial charge on any atom is -0.242 e. The Morgan fingerprint density at radius 2 is 2.45 bits per heavy atom. The van der Waals surface area contributed by atoms with Gasteiger partial charge in [-0.15, -0.1) is 6.58 Å². The van der Waals surface area contributed by atoms with Crippen LogP contribution in [0.5, 0.6) is 0 Å². The zero-order chi connectivity index (χ0) is 8.53. The Kier molecular flexibility index (Phi) is 6.65. The second kappa shape index (κ2) is 7.23. The monoisotopic (exact) mass is 152 g/mol. The molecule has 0 saturated heterocycles. The summed E-state index contributed by atoms with van der Waals surface area (Å²) in [7, 11) is 0. The maximum absolute atomic E-state index is 6.70. The van der Waals surface area contributed by atoms with Gasteiger partial charge in [0.2, 0.25) is 0 Å². The molecule has 0 fully saturated rings. The molecule has 0 aromatic heterocycles. The van der Waals surface area contributed by atoms with Gasteiger partial charge in [0.05, 0.1) is 12.1 Å². The molecule has 0 aliphatic heterocycles. The molecule has 2 heteroatoms. The molecular formula is C9H16N2. The minimum atomic E-state index is 0.241. The molecule has 0 amide bonds. The predicted octanol–water partition coefficient (Wildman–Crippen LogP) is 2.87. The third-order valence-corrected chi connectivity index (χ3v) is 1.58. The van der Waals surface area contributed by atoms with Crippen LogP contribution in [0, 0.1) is 5.41 Å². The van der Waals surface area contributed by atoms with Crippen LogP contribution in [0.15, 0.2) is 17.6 Å². The highest BCUT2D eigenvalue weighted by Gasteiger charge is 2.01. The Bertz CT molecular complexity index is 146. The van der Waals surface area contributed by atoms with E-state index in [4.69, 9.17) is 5.41 Å². The summed E-state index contributed by atoms with van der Waals surface area (Å²) < 4.78 is 0. The van der Waals surface area contributed by atoms with Gasteiger partial charge in [0.15, 0.2) is 0 Å². The van der Waals surface area contributed by atoms with Crippen molar-refractivity contribution in [1.82, 2.24) is 0 Å². The van der Waals surface area contributed by atoms with Crippen molar-refractivity contribution in [3.63, 3.8) is 0 Å². The zero-order valence-electron chi connectivity index (χ0n) is 7.14. The highest BCUT2D eigenvalue weighted by molar-refractivity contribution is 5.36. The van der Waals surface area contributed by atoms with Gasteiger partial charge in [0.1, 0.15) is 0 Å². The van der Waals surface area contributed by atoms with E-state index >= 15 is 0 Å². The molecule has 0 aliphatic carbocycles. The molecule has 0 aliphatic rings. The van der Waals surface area contributed by atoms with Crippen LogP contribution in [0.1, 0.15) is 32.6 Å². The van der Waals surface area contributed by atoms with Crippen molar-refractivity contribution in [1.29, 1.82) is 5.41 Å². The molecule has 1 N–H and O–H groups in total. The predicted molar refractivity (Wildman–Crippen MR) is 48.3 cm³/mol. The fraction of sp³-hybridized carbons (Fsp3) is 0.667. The number of aliphatic imine (C=N–C) groups is 1. The summed E-state index contributed by atoms with van der Waals surface area (Å²) in [5.41, 5.74) is 0. The summed E-state index contributed by atoms with van der Waals surface area (Å²) in [6, 6.07) is 2.33. The lowest BCUT2D eigenvalue weighted by Gasteiger charge is -2.05. The zero-order valence-corrected chi connectivity index (χ0v) is 7.14. The first kappa shape index (κ1) is 10.1. The SMILES string of the molecule is C=CCC(CCCC)N=C=N. The van der Waals surface area contributed by atoms with Crippen LogP contribution in [0.25, 0.3) is 0 Å². The van der Waals surface area contributed by atoms with Crippen LogP contribution in [0.4, 0.5) is 0 Å². The molecule has 2 nitrogen and oxygen atoms in total. The fourth-order valence-electron chi connectivity index (χ4n) is 0.959. The Morgan fingerprint density at radius 1 is 1.73 bits per heavy atom. The lowest BCUT2D eigenvalue weighted by molar-refractivity contribution is 0.586. The van der Waals surface area contributed by atoms with E-state index in [2.05, 4.69) is 24.5 Å². The Balaban J connectivity index is 3.68. The smallest absolute Gasteiger partial charge is 0.0864 e. The number of unbranched alkanes of at least 4 members (excludes halogenated alkanes) is 1. The molecule has 0 radical (unpaired) electrons. The molecule has 0 spiro atoms. The van der Waals surface area contributed by atoms with Gasteiger partial charge in [-0.2, -0.15) is 0 Å². The molecular weight excluding hydrogens is 136 g/mol. The Labute approximate surface area is 68.5 Å². The maximum atomic E-state index is 6.70. The topological polar surface area (TPSA) is 36.2 Å². The molecule has 0 rings (SSSR count). The second-order valence-corrected chi connectivity index (χ2v) is 2.56. The van der Waals surface area contributed by atoms with E-state index in [1.165, 1.54) is 12.8 Å². The van der Waals surface area contributed by atoms with E-state index in [1.807, 2.05) is 6.08 Å². The number of rotatable bonds is 6. The first-order chi connectivity index (χ1) is 5.35. The van der Waals surface area contributed by atoms with Crippen molar-refractivity contribution in [2.45, 2.75) is 38.6 Å².